The summed E-state index contributed by atoms with van der Waals surface area (Å²) < 4.78 is 27.2. The molecule has 1 aliphatic carbocycles. The van der Waals surface area contributed by atoms with Crippen molar-refractivity contribution in [2.45, 2.75) is 49.0 Å². The molecule has 4 nitrogen and oxygen atoms in total. The van der Waals surface area contributed by atoms with Gasteiger partial charge in [-0.15, -0.1) is 0 Å². The van der Waals surface area contributed by atoms with Gasteiger partial charge in [0.05, 0.1) is 15.6 Å². The standard InChI is InChI=1S/C14H19Cl2NO3S/c15-11-6-5-7-12(16)13(11)21(19,20)17-10-14(18)8-3-1-2-4-9-14/h5-7,17-18H,1-4,8-10H2. The second-order valence-electron chi connectivity index (χ2n) is 5.51. The molecule has 0 aliphatic heterocycles. The van der Waals surface area contributed by atoms with Crippen LogP contribution < -0.4 is 4.72 Å². The minimum absolute atomic E-state index is 0.0170. The van der Waals surface area contributed by atoms with E-state index in [1.54, 1.807) is 6.07 Å². The third kappa shape index (κ3) is 4.33. The largest absolute Gasteiger partial charge is 0.389 e. The van der Waals surface area contributed by atoms with Crippen molar-refractivity contribution in [3.05, 3.63) is 28.2 Å². The molecule has 2 N–H and O–H groups in total. The summed E-state index contributed by atoms with van der Waals surface area (Å²) in [5.41, 5.74) is -0.989. The molecule has 1 aromatic rings. The molecule has 118 valence electrons. The predicted molar refractivity (Wildman–Crippen MR) is 84.3 cm³/mol. The summed E-state index contributed by atoms with van der Waals surface area (Å²) in [5, 5.41) is 10.7. The number of nitrogens with one attached hydrogen (secondary N) is 1. The lowest BCUT2D eigenvalue weighted by Crippen LogP contribution is -2.42. The maximum atomic E-state index is 12.4. The van der Waals surface area contributed by atoms with E-state index in [4.69, 9.17) is 23.2 Å². The first-order valence-electron chi connectivity index (χ1n) is 7.00. The van der Waals surface area contributed by atoms with Crippen LogP contribution in [0.25, 0.3) is 0 Å². The van der Waals surface area contributed by atoms with Gasteiger partial charge >= 0.3 is 0 Å². The Morgan fingerprint density at radius 2 is 1.62 bits per heavy atom. The lowest BCUT2D eigenvalue weighted by Gasteiger charge is -2.26. The molecule has 0 saturated heterocycles. The molecule has 0 spiro atoms. The molecule has 0 atom stereocenters. The minimum atomic E-state index is -3.84. The summed E-state index contributed by atoms with van der Waals surface area (Å²) >= 11 is 11.9. The van der Waals surface area contributed by atoms with Crippen LogP contribution in [0, 0.1) is 0 Å². The molecule has 7 heteroatoms. The number of benzene rings is 1. The highest BCUT2D eigenvalue weighted by molar-refractivity contribution is 7.89. The molecule has 1 saturated carbocycles. The van der Waals surface area contributed by atoms with Crippen molar-refractivity contribution in [1.29, 1.82) is 0 Å². The van der Waals surface area contributed by atoms with E-state index in [-0.39, 0.29) is 21.5 Å². The van der Waals surface area contributed by atoms with Gasteiger partial charge < -0.3 is 5.11 Å². The van der Waals surface area contributed by atoms with Gasteiger partial charge in [-0.3, -0.25) is 0 Å². The van der Waals surface area contributed by atoms with E-state index in [1.165, 1.54) is 12.1 Å². The topological polar surface area (TPSA) is 66.4 Å². The summed E-state index contributed by atoms with van der Waals surface area (Å²) in [4.78, 5) is -0.134. The Balaban J connectivity index is 2.14. The first kappa shape index (κ1) is 17.0. The van der Waals surface area contributed by atoms with E-state index in [1.807, 2.05) is 0 Å². The van der Waals surface area contributed by atoms with Crippen molar-refractivity contribution in [1.82, 2.24) is 4.72 Å². The maximum Gasteiger partial charge on any atom is 0.243 e. The van der Waals surface area contributed by atoms with Crippen LogP contribution in [0.1, 0.15) is 38.5 Å². The van der Waals surface area contributed by atoms with Gasteiger partial charge in [0.25, 0.3) is 0 Å². The Labute approximate surface area is 135 Å². The number of hydrogen-bond acceptors (Lipinski definition) is 3. The van der Waals surface area contributed by atoms with Crippen molar-refractivity contribution in [2.75, 3.05) is 6.54 Å². The third-order valence-electron chi connectivity index (χ3n) is 3.81. The lowest BCUT2D eigenvalue weighted by atomic mass is 9.95. The van der Waals surface area contributed by atoms with Crippen LogP contribution in [0.2, 0.25) is 10.0 Å². The molecular weight excluding hydrogens is 333 g/mol. The van der Waals surface area contributed by atoms with E-state index in [9.17, 15) is 13.5 Å². The third-order valence-corrected chi connectivity index (χ3v) is 6.17. The van der Waals surface area contributed by atoms with Crippen molar-refractivity contribution >= 4 is 33.2 Å². The highest BCUT2D eigenvalue weighted by Crippen LogP contribution is 2.30. The zero-order valence-electron chi connectivity index (χ0n) is 11.6. The second kappa shape index (κ2) is 6.84. The molecule has 2 rings (SSSR count). The summed E-state index contributed by atoms with van der Waals surface area (Å²) in [6, 6.07) is 4.53. The molecule has 0 amide bonds. The Bertz CT molecular complexity index is 576. The second-order valence-corrected chi connectivity index (χ2v) is 8.03. The van der Waals surface area contributed by atoms with Gasteiger partial charge in [0, 0.05) is 6.54 Å². The van der Waals surface area contributed by atoms with Gasteiger partial charge in [0.1, 0.15) is 4.90 Å². The summed E-state index contributed by atoms with van der Waals surface area (Å²) in [6.07, 6.45) is 5.17. The zero-order valence-corrected chi connectivity index (χ0v) is 13.9. The molecule has 0 heterocycles. The Hall–Kier alpha value is -0.330. The first-order chi connectivity index (χ1) is 9.84. The Kier molecular flexibility index (Phi) is 5.54. The fourth-order valence-electron chi connectivity index (χ4n) is 2.60. The smallest absolute Gasteiger partial charge is 0.243 e. The summed E-state index contributed by atoms with van der Waals surface area (Å²) in [5.74, 6) is 0. The number of aliphatic hydroxyl groups is 1. The Morgan fingerprint density at radius 3 is 2.14 bits per heavy atom. The minimum Gasteiger partial charge on any atom is -0.389 e. The number of hydrogen-bond donors (Lipinski definition) is 2. The quantitative estimate of drug-likeness (QED) is 0.817. The van der Waals surface area contributed by atoms with Crippen LogP contribution in [-0.2, 0) is 10.0 Å². The summed E-state index contributed by atoms with van der Waals surface area (Å²) in [6.45, 7) is -0.0170. The SMILES string of the molecule is O=S(=O)(NCC1(O)CCCCCC1)c1c(Cl)cccc1Cl. The van der Waals surface area contributed by atoms with Gasteiger partial charge in [-0.1, -0.05) is 55.0 Å². The Morgan fingerprint density at radius 1 is 1.10 bits per heavy atom. The fourth-order valence-corrected chi connectivity index (χ4v) is 4.86. The van der Waals surface area contributed by atoms with Crippen LogP contribution in [0.5, 0.6) is 0 Å². The molecule has 0 bridgehead atoms. The predicted octanol–water partition coefficient (Wildman–Crippen LogP) is 3.36. The molecule has 0 radical (unpaired) electrons. The molecule has 0 aromatic heterocycles. The lowest BCUT2D eigenvalue weighted by molar-refractivity contribution is 0.0303. The van der Waals surface area contributed by atoms with E-state index in [2.05, 4.69) is 4.72 Å². The fraction of sp³-hybridized carbons (Fsp3) is 0.571. The maximum absolute atomic E-state index is 12.4. The van der Waals surface area contributed by atoms with Crippen LogP contribution in [0.15, 0.2) is 23.1 Å². The van der Waals surface area contributed by atoms with Crippen molar-refractivity contribution < 1.29 is 13.5 Å². The first-order valence-corrected chi connectivity index (χ1v) is 9.24. The van der Waals surface area contributed by atoms with Crippen LogP contribution in [-0.4, -0.2) is 25.7 Å². The molecule has 21 heavy (non-hydrogen) atoms. The van der Waals surface area contributed by atoms with Gasteiger partial charge in [0.15, 0.2) is 0 Å². The van der Waals surface area contributed by atoms with E-state index >= 15 is 0 Å². The van der Waals surface area contributed by atoms with Crippen molar-refractivity contribution in [3.63, 3.8) is 0 Å². The number of halogens is 2. The molecule has 1 aliphatic rings. The van der Waals surface area contributed by atoms with Crippen LogP contribution in [0.3, 0.4) is 0 Å². The molecule has 1 aromatic carbocycles. The van der Waals surface area contributed by atoms with Crippen LogP contribution >= 0.6 is 23.2 Å². The molecule has 0 unspecified atom stereocenters. The van der Waals surface area contributed by atoms with E-state index < -0.39 is 15.6 Å². The van der Waals surface area contributed by atoms with Crippen LogP contribution in [0.4, 0.5) is 0 Å². The van der Waals surface area contributed by atoms with Gasteiger partial charge in [0.2, 0.25) is 10.0 Å². The van der Waals surface area contributed by atoms with Gasteiger partial charge in [-0.25, -0.2) is 13.1 Å². The average molecular weight is 352 g/mol. The normalized spacial score (nSPS) is 19.2. The molecular formula is C14H19Cl2NO3S. The zero-order chi connectivity index (χ0) is 15.5. The average Bonchev–Trinajstić information content (AvgIpc) is 2.62. The summed E-state index contributed by atoms with van der Waals surface area (Å²) in [7, 11) is -3.84. The number of rotatable bonds is 4. The monoisotopic (exact) mass is 351 g/mol. The van der Waals surface area contributed by atoms with Crippen molar-refractivity contribution in [3.8, 4) is 0 Å². The van der Waals surface area contributed by atoms with Gasteiger partial charge in [-0.05, 0) is 25.0 Å². The molecule has 1 fully saturated rings. The van der Waals surface area contributed by atoms with Gasteiger partial charge in [-0.2, -0.15) is 0 Å². The van der Waals surface area contributed by atoms with E-state index in [0.29, 0.717) is 12.8 Å². The van der Waals surface area contributed by atoms with Crippen molar-refractivity contribution in [2.24, 2.45) is 0 Å². The van der Waals surface area contributed by atoms with E-state index in [0.717, 1.165) is 25.7 Å². The highest BCUT2D eigenvalue weighted by Gasteiger charge is 2.31. The number of sulfonamides is 1. The highest BCUT2D eigenvalue weighted by atomic mass is 35.5.